The van der Waals surface area contributed by atoms with Crippen molar-refractivity contribution in [3.8, 4) is 0 Å². The van der Waals surface area contributed by atoms with Crippen molar-refractivity contribution in [2.24, 2.45) is 0 Å². The summed E-state index contributed by atoms with van der Waals surface area (Å²) in [6.07, 6.45) is 8.09. The van der Waals surface area contributed by atoms with Gasteiger partial charge in [-0.3, -0.25) is 4.79 Å². The normalized spacial score (nSPS) is 21.5. The highest BCUT2D eigenvalue weighted by Gasteiger charge is 2.29. The maximum atomic E-state index is 11.2. The first kappa shape index (κ1) is 9.30. The minimum Gasteiger partial charge on any atom is -0.347 e. The van der Waals surface area contributed by atoms with E-state index in [2.05, 4.69) is 12.2 Å². The fourth-order valence-corrected chi connectivity index (χ4v) is 1.77. The van der Waals surface area contributed by atoms with Crippen LogP contribution in [0.25, 0.3) is 0 Å². The molecule has 1 N–H and O–H groups in total. The van der Waals surface area contributed by atoms with Crippen LogP contribution < -0.4 is 5.32 Å². The van der Waals surface area contributed by atoms with Crippen molar-refractivity contribution in [3.63, 3.8) is 0 Å². The maximum Gasteiger partial charge on any atom is 0.244 e. The van der Waals surface area contributed by atoms with E-state index in [1.165, 1.54) is 12.8 Å². The molecule has 12 heavy (non-hydrogen) atoms. The summed E-state index contributed by atoms with van der Waals surface area (Å²) in [4.78, 5) is 11.2. The van der Waals surface area contributed by atoms with Crippen LogP contribution >= 0.6 is 0 Å². The van der Waals surface area contributed by atoms with Crippen LogP contribution in [0.3, 0.4) is 0 Å². The number of allylic oxidation sites excluding steroid dienone is 1. The monoisotopic (exact) mass is 167 g/mol. The van der Waals surface area contributed by atoms with Gasteiger partial charge < -0.3 is 5.32 Å². The van der Waals surface area contributed by atoms with Crippen molar-refractivity contribution in [2.75, 3.05) is 0 Å². The first-order valence-corrected chi connectivity index (χ1v) is 4.61. The zero-order valence-electron chi connectivity index (χ0n) is 7.89. The Bertz CT molecular complexity index is 190. The number of hydrogen-bond donors (Lipinski definition) is 1. The molecule has 2 heteroatoms. The van der Waals surface area contributed by atoms with Gasteiger partial charge in [-0.25, -0.2) is 0 Å². The summed E-state index contributed by atoms with van der Waals surface area (Å²) in [6, 6.07) is 0. The molecule has 68 valence electrons. The third-order valence-corrected chi connectivity index (χ3v) is 2.45. The van der Waals surface area contributed by atoms with Crippen LogP contribution in [-0.4, -0.2) is 11.4 Å². The molecule has 0 aliphatic heterocycles. The highest BCUT2D eigenvalue weighted by atomic mass is 16.1. The molecule has 0 aromatic heterocycles. The molecule has 0 radical (unpaired) electrons. The number of amides is 1. The zero-order valence-corrected chi connectivity index (χ0v) is 7.89. The summed E-state index contributed by atoms with van der Waals surface area (Å²) < 4.78 is 0. The molecule has 1 aliphatic rings. The molecule has 0 aromatic rings. The minimum atomic E-state index is 0.0434. The molecule has 0 heterocycles. The van der Waals surface area contributed by atoms with E-state index in [1.54, 1.807) is 12.2 Å². The van der Waals surface area contributed by atoms with Crippen LogP contribution in [0.2, 0.25) is 0 Å². The van der Waals surface area contributed by atoms with Gasteiger partial charge in [0.25, 0.3) is 0 Å². The topological polar surface area (TPSA) is 29.1 Å². The lowest BCUT2D eigenvalue weighted by Crippen LogP contribution is -2.42. The van der Waals surface area contributed by atoms with Gasteiger partial charge in [-0.15, -0.1) is 0 Å². The molecule has 1 aliphatic carbocycles. The van der Waals surface area contributed by atoms with E-state index >= 15 is 0 Å². The van der Waals surface area contributed by atoms with Crippen molar-refractivity contribution in [3.05, 3.63) is 12.2 Å². The molecule has 1 rings (SSSR count). The zero-order chi connectivity index (χ0) is 9.03. The SMILES string of the molecule is CC=CC(=O)NC1(C)CCCC1. The summed E-state index contributed by atoms with van der Waals surface area (Å²) in [5.74, 6) is 0.0434. The van der Waals surface area contributed by atoms with Crippen molar-refractivity contribution in [1.82, 2.24) is 5.32 Å². The second-order valence-corrected chi connectivity index (χ2v) is 3.76. The molecule has 1 saturated carbocycles. The Labute approximate surface area is 74.0 Å². The smallest absolute Gasteiger partial charge is 0.244 e. The molecule has 1 fully saturated rings. The lowest BCUT2D eigenvalue weighted by molar-refractivity contribution is -0.118. The number of hydrogen-bond acceptors (Lipinski definition) is 1. The summed E-state index contributed by atoms with van der Waals surface area (Å²) in [7, 11) is 0. The largest absolute Gasteiger partial charge is 0.347 e. The summed E-state index contributed by atoms with van der Waals surface area (Å²) in [6.45, 7) is 3.98. The Morgan fingerprint density at radius 3 is 2.50 bits per heavy atom. The average Bonchev–Trinajstić information content (AvgIpc) is 2.36. The van der Waals surface area contributed by atoms with Gasteiger partial charge >= 0.3 is 0 Å². The standard InChI is InChI=1S/C10H17NO/c1-3-6-9(12)11-10(2)7-4-5-8-10/h3,6H,4-5,7-8H2,1-2H3,(H,11,12). The van der Waals surface area contributed by atoms with E-state index in [4.69, 9.17) is 0 Å². The predicted octanol–water partition coefficient (Wildman–Crippen LogP) is 2.01. The Kier molecular flexibility index (Phi) is 2.90. The third-order valence-electron chi connectivity index (χ3n) is 2.45. The van der Waals surface area contributed by atoms with Gasteiger partial charge in [-0.05, 0) is 32.8 Å². The fourth-order valence-electron chi connectivity index (χ4n) is 1.77. The highest BCUT2D eigenvalue weighted by Crippen LogP contribution is 2.28. The summed E-state index contributed by atoms with van der Waals surface area (Å²) in [5.41, 5.74) is 0.0661. The molecule has 0 bridgehead atoms. The third kappa shape index (κ3) is 2.36. The van der Waals surface area contributed by atoms with Crippen LogP contribution in [0.15, 0.2) is 12.2 Å². The van der Waals surface area contributed by atoms with Gasteiger partial charge in [0.15, 0.2) is 0 Å². The van der Waals surface area contributed by atoms with Gasteiger partial charge in [0, 0.05) is 5.54 Å². The Balaban J connectivity index is 2.43. The molecule has 2 nitrogen and oxygen atoms in total. The van der Waals surface area contributed by atoms with E-state index in [1.807, 2.05) is 6.92 Å². The van der Waals surface area contributed by atoms with Gasteiger partial charge in [-0.2, -0.15) is 0 Å². The van der Waals surface area contributed by atoms with Gasteiger partial charge in [0.2, 0.25) is 5.91 Å². The lowest BCUT2D eigenvalue weighted by atomic mass is 10.0. The van der Waals surface area contributed by atoms with Crippen LogP contribution in [0.5, 0.6) is 0 Å². The van der Waals surface area contributed by atoms with Crippen molar-refractivity contribution in [1.29, 1.82) is 0 Å². The number of nitrogens with one attached hydrogen (secondary N) is 1. The molecule has 1 amide bonds. The van der Waals surface area contributed by atoms with Crippen LogP contribution in [-0.2, 0) is 4.79 Å². The molecule has 0 aromatic carbocycles. The quantitative estimate of drug-likeness (QED) is 0.626. The first-order valence-electron chi connectivity index (χ1n) is 4.61. The summed E-state index contributed by atoms with van der Waals surface area (Å²) >= 11 is 0. The van der Waals surface area contributed by atoms with E-state index < -0.39 is 0 Å². The van der Waals surface area contributed by atoms with Crippen LogP contribution in [0, 0.1) is 0 Å². The first-order chi connectivity index (χ1) is 5.66. The predicted molar refractivity (Wildman–Crippen MR) is 49.8 cm³/mol. The Hall–Kier alpha value is -0.790. The van der Waals surface area contributed by atoms with E-state index in [-0.39, 0.29) is 11.4 Å². The van der Waals surface area contributed by atoms with Gasteiger partial charge in [-0.1, -0.05) is 18.9 Å². The number of carbonyl (C=O) groups excluding carboxylic acids is 1. The molecule has 0 atom stereocenters. The van der Waals surface area contributed by atoms with Crippen molar-refractivity contribution < 1.29 is 4.79 Å². The second kappa shape index (κ2) is 3.74. The molecule has 0 spiro atoms. The van der Waals surface area contributed by atoms with E-state index in [9.17, 15) is 4.79 Å². The minimum absolute atomic E-state index is 0.0434. The van der Waals surface area contributed by atoms with Crippen molar-refractivity contribution in [2.45, 2.75) is 45.1 Å². The molecular formula is C10H17NO. The highest BCUT2D eigenvalue weighted by molar-refractivity contribution is 5.87. The van der Waals surface area contributed by atoms with Gasteiger partial charge in [0.05, 0.1) is 0 Å². The fraction of sp³-hybridized carbons (Fsp3) is 0.700. The number of carbonyl (C=O) groups is 1. The van der Waals surface area contributed by atoms with E-state index in [0.29, 0.717) is 0 Å². The van der Waals surface area contributed by atoms with E-state index in [0.717, 1.165) is 12.8 Å². The average molecular weight is 167 g/mol. The molecule has 0 saturated heterocycles. The Morgan fingerprint density at radius 2 is 2.00 bits per heavy atom. The summed E-state index contributed by atoms with van der Waals surface area (Å²) in [5, 5.41) is 3.03. The van der Waals surface area contributed by atoms with Crippen LogP contribution in [0.1, 0.15) is 39.5 Å². The Morgan fingerprint density at radius 1 is 1.42 bits per heavy atom. The lowest BCUT2D eigenvalue weighted by Gasteiger charge is -2.24. The molecular weight excluding hydrogens is 150 g/mol. The van der Waals surface area contributed by atoms with Crippen molar-refractivity contribution >= 4 is 5.91 Å². The second-order valence-electron chi connectivity index (χ2n) is 3.76. The maximum absolute atomic E-state index is 11.2. The van der Waals surface area contributed by atoms with Gasteiger partial charge in [0.1, 0.15) is 0 Å². The number of rotatable bonds is 2. The molecule has 0 unspecified atom stereocenters. The van der Waals surface area contributed by atoms with Crippen LogP contribution in [0.4, 0.5) is 0 Å².